The van der Waals surface area contributed by atoms with Crippen LogP contribution in [0.4, 0.5) is 5.82 Å². The number of nitrogens with one attached hydrogen (secondary N) is 2. The molecule has 130 valence electrons. The zero-order valence-corrected chi connectivity index (χ0v) is 14.0. The lowest BCUT2D eigenvalue weighted by atomic mass is 10.2. The highest BCUT2D eigenvalue weighted by atomic mass is 16.2. The first-order valence-electron chi connectivity index (χ1n) is 8.56. The van der Waals surface area contributed by atoms with Crippen molar-refractivity contribution in [2.45, 2.75) is 12.5 Å². The highest BCUT2D eigenvalue weighted by Gasteiger charge is 2.27. The average molecular weight is 347 g/mol. The van der Waals surface area contributed by atoms with Crippen molar-refractivity contribution < 1.29 is 4.79 Å². The molecule has 1 fully saturated rings. The summed E-state index contributed by atoms with van der Waals surface area (Å²) in [7, 11) is 0. The fourth-order valence-corrected chi connectivity index (χ4v) is 3.50. The van der Waals surface area contributed by atoms with E-state index in [1.165, 1.54) is 0 Å². The second-order valence-electron chi connectivity index (χ2n) is 6.49. The van der Waals surface area contributed by atoms with Crippen LogP contribution in [-0.4, -0.2) is 49.6 Å². The third-order valence-corrected chi connectivity index (χ3v) is 4.79. The Morgan fingerprint density at radius 3 is 3.15 bits per heavy atom. The van der Waals surface area contributed by atoms with Crippen molar-refractivity contribution in [2.75, 3.05) is 18.0 Å². The van der Waals surface area contributed by atoms with Crippen LogP contribution in [-0.2, 0) is 0 Å². The Labute approximate surface area is 148 Å². The maximum atomic E-state index is 12.6. The van der Waals surface area contributed by atoms with Gasteiger partial charge < -0.3 is 15.2 Å². The zero-order chi connectivity index (χ0) is 17.5. The van der Waals surface area contributed by atoms with Crippen molar-refractivity contribution in [3.63, 3.8) is 0 Å². The molecular weight excluding hydrogens is 330 g/mol. The summed E-state index contributed by atoms with van der Waals surface area (Å²) in [6.07, 6.45) is 6.08. The van der Waals surface area contributed by atoms with E-state index >= 15 is 0 Å². The number of benzene rings is 1. The molecule has 1 aromatic carbocycles. The Kier molecular flexibility index (Phi) is 3.34. The lowest BCUT2D eigenvalue weighted by molar-refractivity contribution is 0.0936. The molecule has 8 nitrogen and oxygen atoms in total. The van der Waals surface area contributed by atoms with Crippen molar-refractivity contribution in [3.8, 4) is 0 Å². The van der Waals surface area contributed by atoms with E-state index in [-0.39, 0.29) is 11.9 Å². The van der Waals surface area contributed by atoms with Gasteiger partial charge in [-0.15, -0.1) is 10.2 Å². The largest absolute Gasteiger partial charge is 0.351 e. The maximum Gasteiger partial charge on any atom is 0.268 e. The lowest BCUT2D eigenvalue weighted by Crippen LogP contribution is -2.37. The van der Waals surface area contributed by atoms with Gasteiger partial charge >= 0.3 is 0 Å². The molecule has 1 aliphatic rings. The molecule has 0 unspecified atom stereocenters. The molecule has 4 heterocycles. The summed E-state index contributed by atoms with van der Waals surface area (Å²) in [5, 5.41) is 12.2. The number of carbonyl (C=O) groups excluding carboxylic acids is 1. The molecule has 0 radical (unpaired) electrons. The number of aromatic amines is 1. The Morgan fingerprint density at radius 2 is 2.23 bits per heavy atom. The Bertz CT molecular complexity index is 1070. The predicted molar refractivity (Wildman–Crippen MR) is 97.2 cm³/mol. The van der Waals surface area contributed by atoms with Crippen molar-refractivity contribution in [3.05, 3.63) is 54.7 Å². The van der Waals surface area contributed by atoms with Crippen molar-refractivity contribution in [2.24, 2.45) is 0 Å². The van der Waals surface area contributed by atoms with Gasteiger partial charge in [0.15, 0.2) is 5.82 Å². The average Bonchev–Trinajstić information content (AvgIpc) is 3.39. The van der Waals surface area contributed by atoms with Gasteiger partial charge in [-0.1, -0.05) is 18.2 Å². The predicted octanol–water partition coefficient (Wildman–Crippen LogP) is 1.61. The zero-order valence-electron chi connectivity index (χ0n) is 14.0. The molecular formula is C18H17N7O. The van der Waals surface area contributed by atoms with Gasteiger partial charge in [0.1, 0.15) is 12.0 Å². The second-order valence-corrected chi connectivity index (χ2v) is 6.49. The number of para-hydroxylation sites is 1. The number of carbonyl (C=O) groups is 1. The third kappa shape index (κ3) is 2.46. The molecule has 1 atom stereocenters. The summed E-state index contributed by atoms with van der Waals surface area (Å²) in [6.45, 7) is 1.52. The third-order valence-electron chi connectivity index (χ3n) is 4.79. The van der Waals surface area contributed by atoms with Crippen LogP contribution in [0.3, 0.4) is 0 Å². The number of aromatic nitrogens is 5. The number of nitrogens with zero attached hydrogens (tertiary/aromatic N) is 5. The first-order valence-corrected chi connectivity index (χ1v) is 8.56. The minimum absolute atomic E-state index is 0.0684. The minimum Gasteiger partial charge on any atom is -0.351 e. The summed E-state index contributed by atoms with van der Waals surface area (Å²) < 4.78 is 1.85. The van der Waals surface area contributed by atoms with Gasteiger partial charge in [0.25, 0.3) is 5.91 Å². The van der Waals surface area contributed by atoms with Crippen LogP contribution in [0, 0.1) is 0 Å². The SMILES string of the molecule is O=C(N[C@@H]1CCN(c2nccn3cnnc23)C1)c1cc2ccccc2[nH]1. The number of fused-ring (bicyclic) bond motifs is 2. The number of rotatable bonds is 3. The fraction of sp³-hybridized carbons (Fsp3) is 0.222. The van der Waals surface area contributed by atoms with E-state index in [1.54, 1.807) is 12.5 Å². The Morgan fingerprint density at radius 1 is 1.31 bits per heavy atom. The minimum atomic E-state index is -0.0818. The smallest absolute Gasteiger partial charge is 0.268 e. The topological polar surface area (TPSA) is 91.2 Å². The summed E-state index contributed by atoms with van der Waals surface area (Å²) in [5.41, 5.74) is 2.28. The molecule has 0 saturated carbocycles. The Hall–Kier alpha value is -3.42. The van der Waals surface area contributed by atoms with Crippen LogP contribution in [0.25, 0.3) is 16.6 Å². The number of hydrogen-bond donors (Lipinski definition) is 2. The quantitative estimate of drug-likeness (QED) is 0.588. The first-order chi connectivity index (χ1) is 12.8. The van der Waals surface area contributed by atoms with Crippen molar-refractivity contribution in [1.29, 1.82) is 0 Å². The van der Waals surface area contributed by atoms with E-state index in [0.29, 0.717) is 12.2 Å². The highest BCUT2D eigenvalue weighted by Crippen LogP contribution is 2.22. The molecule has 0 spiro atoms. The van der Waals surface area contributed by atoms with Gasteiger partial charge in [-0.3, -0.25) is 9.20 Å². The summed E-state index contributed by atoms with van der Waals surface area (Å²) >= 11 is 0. The van der Waals surface area contributed by atoms with Crippen molar-refractivity contribution >= 4 is 28.3 Å². The lowest BCUT2D eigenvalue weighted by Gasteiger charge is -2.17. The van der Waals surface area contributed by atoms with E-state index < -0.39 is 0 Å². The van der Waals surface area contributed by atoms with Crippen molar-refractivity contribution in [1.82, 2.24) is 29.9 Å². The molecule has 1 saturated heterocycles. The summed E-state index contributed by atoms with van der Waals surface area (Å²) in [6, 6.07) is 9.83. The molecule has 3 aromatic heterocycles. The van der Waals surface area contributed by atoms with E-state index in [2.05, 4.69) is 30.4 Å². The molecule has 0 aliphatic carbocycles. The number of anilines is 1. The fourth-order valence-electron chi connectivity index (χ4n) is 3.50. The standard InChI is InChI=1S/C18H17N7O/c26-18(15-9-12-3-1-2-4-14(12)22-15)21-13-5-7-24(10-13)16-17-23-20-11-25(17)8-6-19-16/h1-4,6,8-9,11,13,22H,5,7,10H2,(H,21,26)/t13-/m1/s1. The first kappa shape index (κ1) is 14.9. The van der Waals surface area contributed by atoms with E-state index in [9.17, 15) is 4.79 Å². The molecule has 26 heavy (non-hydrogen) atoms. The van der Waals surface area contributed by atoms with Crippen LogP contribution < -0.4 is 10.2 Å². The van der Waals surface area contributed by atoms with Gasteiger partial charge in [-0.05, 0) is 18.6 Å². The molecule has 2 N–H and O–H groups in total. The number of hydrogen-bond acceptors (Lipinski definition) is 5. The number of H-pyrrole nitrogens is 1. The van der Waals surface area contributed by atoms with Crippen LogP contribution in [0.15, 0.2) is 49.1 Å². The van der Waals surface area contributed by atoms with Gasteiger partial charge in [0.05, 0.1) is 0 Å². The van der Waals surface area contributed by atoms with Gasteiger partial charge in [0.2, 0.25) is 5.65 Å². The highest BCUT2D eigenvalue weighted by molar-refractivity contribution is 5.98. The monoisotopic (exact) mass is 347 g/mol. The molecule has 1 aliphatic heterocycles. The van der Waals surface area contributed by atoms with Gasteiger partial charge in [-0.2, -0.15) is 0 Å². The van der Waals surface area contributed by atoms with Crippen LogP contribution in [0.1, 0.15) is 16.9 Å². The summed E-state index contributed by atoms with van der Waals surface area (Å²) in [4.78, 5) is 22.3. The normalized spacial score (nSPS) is 17.2. The molecule has 4 aromatic rings. The number of amides is 1. The van der Waals surface area contributed by atoms with Crippen LogP contribution in [0.2, 0.25) is 0 Å². The van der Waals surface area contributed by atoms with E-state index in [1.807, 2.05) is 40.9 Å². The molecule has 8 heteroatoms. The molecule has 0 bridgehead atoms. The molecule has 1 amide bonds. The maximum absolute atomic E-state index is 12.6. The van der Waals surface area contributed by atoms with E-state index in [4.69, 9.17) is 0 Å². The Balaban J connectivity index is 1.31. The van der Waals surface area contributed by atoms with Crippen LogP contribution >= 0.6 is 0 Å². The molecule has 5 rings (SSSR count). The van der Waals surface area contributed by atoms with E-state index in [0.717, 1.165) is 35.3 Å². The van der Waals surface area contributed by atoms with Gasteiger partial charge in [0, 0.05) is 42.4 Å². The van der Waals surface area contributed by atoms with Crippen LogP contribution in [0.5, 0.6) is 0 Å². The summed E-state index contributed by atoms with van der Waals surface area (Å²) in [5.74, 6) is 0.717. The van der Waals surface area contributed by atoms with Gasteiger partial charge in [-0.25, -0.2) is 4.98 Å². The second kappa shape index (κ2) is 5.83.